The molecule has 2 heterocycles. The van der Waals surface area contributed by atoms with Crippen molar-refractivity contribution in [3.05, 3.63) is 17.6 Å². The first-order valence-corrected chi connectivity index (χ1v) is 8.77. The highest BCUT2D eigenvalue weighted by molar-refractivity contribution is 5.76. The maximum absolute atomic E-state index is 12.1. The third kappa shape index (κ3) is 4.66. The lowest BCUT2D eigenvalue weighted by Crippen LogP contribution is -2.46. The van der Waals surface area contributed by atoms with Crippen molar-refractivity contribution < 1.29 is 9.53 Å². The van der Waals surface area contributed by atoms with Gasteiger partial charge in [-0.3, -0.25) is 4.79 Å². The molecular weight excluding hydrogens is 304 g/mol. The topological polar surface area (TPSA) is 58.6 Å². The van der Waals surface area contributed by atoms with Crippen molar-refractivity contribution in [3.8, 4) is 0 Å². The predicted molar refractivity (Wildman–Crippen MR) is 95.4 cm³/mol. The first-order chi connectivity index (χ1) is 11.4. The van der Waals surface area contributed by atoms with Crippen LogP contribution in [0.5, 0.6) is 0 Å². The quantitative estimate of drug-likeness (QED) is 0.799. The molecule has 1 saturated heterocycles. The summed E-state index contributed by atoms with van der Waals surface area (Å²) in [7, 11) is 3.53. The highest BCUT2D eigenvalue weighted by Gasteiger charge is 2.26. The maximum atomic E-state index is 12.1. The summed E-state index contributed by atoms with van der Waals surface area (Å²) in [6, 6.07) is 2.36. The summed E-state index contributed by atoms with van der Waals surface area (Å²) in [4.78, 5) is 25.6. The van der Waals surface area contributed by atoms with Gasteiger partial charge in [0.05, 0.1) is 13.0 Å². The number of carbonyl (C=O) groups is 1. The van der Waals surface area contributed by atoms with E-state index in [9.17, 15) is 4.79 Å². The molecule has 0 spiro atoms. The molecule has 1 fully saturated rings. The average Bonchev–Trinajstić information content (AvgIpc) is 2.58. The Bertz CT molecular complexity index is 554. The van der Waals surface area contributed by atoms with Gasteiger partial charge >= 0.3 is 0 Å². The minimum absolute atomic E-state index is 0.162. The molecule has 1 aromatic heterocycles. The van der Waals surface area contributed by atoms with E-state index in [2.05, 4.69) is 29.8 Å². The van der Waals surface area contributed by atoms with Crippen LogP contribution >= 0.6 is 0 Å². The summed E-state index contributed by atoms with van der Waals surface area (Å²) in [5.41, 5.74) is 1.01. The van der Waals surface area contributed by atoms with E-state index in [0.717, 1.165) is 43.3 Å². The highest BCUT2D eigenvalue weighted by Crippen LogP contribution is 2.23. The predicted octanol–water partition coefficient (Wildman–Crippen LogP) is 2.37. The van der Waals surface area contributed by atoms with E-state index < -0.39 is 0 Å². The molecule has 1 amide bonds. The van der Waals surface area contributed by atoms with Gasteiger partial charge in [0.15, 0.2) is 0 Å². The minimum Gasteiger partial charge on any atom is -0.384 e. The van der Waals surface area contributed by atoms with Crippen molar-refractivity contribution in [3.63, 3.8) is 0 Å². The van der Waals surface area contributed by atoms with Crippen LogP contribution in [0, 0.1) is 6.92 Å². The largest absolute Gasteiger partial charge is 0.384 e. The van der Waals surface area contributed by atoms with Crippen molar-refractivity contribution in [2.24, 2.45) is 0 Å². The minimum atomic E-state index is 0.162. The van der Waals surface area contributed by atoms with E-state index in [1.54, 1.807) is 7.11 Å². The lowest BCUT2D eigenvalue weighted by atomic mass is 10.0. The van der Waals surface area contributed by atoms with Crippen LogP contribution in [0.3, 0.4) is 0 Å². The Morgan fingerprint density at radius 3 is 2.62 bits per heavy atom. The number of hydrogen-bond acceptors (Lipinski definition) is 5. The molecule has 1 aliphatic rings. The Morgan fingerprint density at radius 1 is 1.38 bits per heavy atom. The van der Waals surface area contributed by atoms with Gasteiger partial charge in [0.1, 0.15) is 11.6 Å². The number of amides is 1. The molecular formula is C18H30N4O2. The van der Waals surface area contributed by atoms with E-state index in [0.29, 0.717) is 25.0 Å². The third-order valence-electron chi connectivity index (χ3n) is 4.62. The smallest absolute Gasteiger partial charge is 0.224 e. The number of rotatable bonds is 6. The van der Waals surface area contributed by atoms with E-state index >= 15 is 0 Å². The molecule has 0 radical (unpaired) electrons. The van der Waals surface area contributed by atoms with Gasteiger partial charge < -0.3 is 14.5 Å². The zero-order valence-corrected chi connectivity index (χ0v) is 15.6. The van der Waals surface area contributed by atoms with Gasteiger partial charge in [-0.1, -0.05) is 13.8 Å². The molecule has 0 N–H and O–H groups in total. The Kier molecular flexibility index (Phi) is 6.54. The number of aryl methyl sites for hydroxylation is 1. The van der Waals surface area contributed by atoms with Crippen LogP contribution in [-0.2, 0) is 9.53 Å². The van der Waals surface area contributed by atoms with Crippen LogP contribution in [-0.4, -0.2) is 60.7 Å². The Morgan fingerprint density at radius 2 is 2.04 bits per heavy atom. The van der Waals surface area contributed by atoms with Crippen LogP contribution in [0.2, 0.25) is 0 Å². The average molecular weight is 334 g/mol. The second kappa shape index (κ2) is 8.42. The van der Waals surface area contributed by atoms with E-state index in [4.69, 9.17) is 9.72 Å². The zero-order chi connectivity index (χ0) is 17.7. The first kappa shape index (κ1) is 18.6. The molecule has 6 nitrogen and oxygen atoms in total. The fourth-order valence-electron chi connectivity index (χ4n) is 3.05. The van der Waals surface area contributed by atoms with Crippen molar-refractivity contribution in [1.29, 1.82) is 0 Å². The Hall–Kier alpha value is -1.69. The normalized spacial score (nSPS) is 15.8. The molecule has 0 saturated carbocycles. The number of nitrogens with zero attached hydrogens (tertiary/aromatic N) is 4. The van der Waals surface area contributed by atoms with Gasteiger partial charge in [-0.25, -0.2) is 9.97 Å². The number of methoxy groups -OCH3 is 1. The number of ether oxygens (including phenoxy) is 1. The van der Waals surface area contributed by atoms with Crippen LogP contribution in [0.25, 0.3) is 0 Å². The highest BCUT2D eigenvalue weighted by atomic mass is 16.5. The van der Waals surface area contributed by atoms with E-state index in [-0.39, 0.29) is 5.91 Å². The van der Waals surface area contributed by atoms with Crippen molar-refractivity contribution >= 4 is 11.7 Å². The summed E-state index contributed by atoms with van der Waals surface area (Å²) < 4.78 is 5.00. The molecule has 6 heteroatoms. The number of piperidine rings is 1. The molecule has 134 valence electrons. The standard InChI is InChI=1S/C18H30N4O2/c1-13(2)18-19-14(3)12-16(20-18)22-9-6-15(7-10-22)21(4)17(23)8-11-24-5/h12-13,15H,6-11H2,1-5H3. The number of aromatic nitrogens is 2. The fourth-order valence-corrected chi connectivity index (χ4v) is 3.05. The SMILES string of the molecule is COCCC(=O)N(C)C1CCN(c2cc(C)nc(C(C)C)n2)CC1. The zero-order valence-electron chi connectivity index (χ0n) is 15.6. The molecule has 1 aliphatic heterocycles. The van der Waals surface area contributed by atoms with Gasteiger partial charge in [0, 0.05) is 51.0 Å². The van der Waals surface area contributed by atoms with E-state index in [1.165, 1.54) is 0 Å². The Balaban J connectivity index is 1.96. The number of hydrogen-bond donors (Lipinski definition) is 0. The van der Waals surface area contributed by atoms with Gasteiger partial charge in [-0.2, -0.15) is 0 Å². The van der Waals surface area contributed by atoms with E-state index in [1.807, 2.05) is 18.9 Å². The molecule has 0 aromatic carbocycles. The van der Waals surface area contributed by atoms with Crippen molar-refractivity contribution in [2.75, 3.05) is 38.8 Å². The molecule has 2 rings (SSSR count). The molecule has 1 aromatic rings. The maximum Gasteiger partial charge on any atom is 0.224 e. The van der Waals surface area contributed by atoms with Gasteiger partial charge in [0.25, 0.3) is 0 Å². The van der Waals surface area contributed by atoms with Crippen LogP contribution < -0.4 is 4.90 Å². The summed E-state index contributed by atoms with van der Waals surface area (Å²) in [6.45, 7) is 8.57. The van der Waals surface area contributed by atoms with Crippen LogP contribution in [0.4, 0.5) is 5.82 Å². The second-order valence-corrected chi connectivity index (χ2v) is 6.85. The summed E-state index contributed by atoms with van der Waals surface area (Å²) >= 11 is 0. The molecule has 24 heavy (non-hydrogen) atoms. The van der Waals surface area contributed by atoms with Crippen molar-refractivity contribution in [1.82, 2.24) is 14.9 Å². The number of carbonyl (C=O) groups excluding carboxylic acids is 1. The van der Waals surface area contributed by atoms with Crippen LogP contribution in [0.15, 0.2) is 6.07 Å². The van der Waals surface area contributed by atoms with Crippen molar-refractivity contribution in [2.45, 2.75) is 52.0 Å². The summed E-state index contributed by atoms with van der Waals surface area (Å²) in [6.07, 6.45) is 2.39. The van der Waals surface area contributed by atoms with Gasteiger partial charge in [-0.15, -0.1) is 0 Å². The number of anilines is 1. The monoisotopic (exact) mass is 334 g/mol. The summed E-state index contributed by atoms with van der Waals surface area (Å²) in [5.74, 6) is 2.40. The van der Waals surface area contributed by atoms with Crippen LogP contribution in [0.1, 0.15) is 50.5 Å². The molecule has 0 unspecified atom stereocenters. The molecule has 0 aliphatic carbocycles. The first-order valence-electron chi connectivity index (χ1n) is 8.77. The molecule has 0 atom stereocenters. The van der Waals surface area contributed by atoms with Gasteiger partial charge in [-0.05, 0) is 19.8 Å². The molecule has 0 bridgehead atoms. The Labute approximate surface area is 145 Å². The summed E-state index contributed by atoms with van der Waals surface area (Å²) in [5, 5.41) is 0. The fraction of sp³-hybridized carbons (Fsp3) is 0.722. The lowest BCUT2D eigenvalue weighted by Gasteiger charge is -2.37. The van der Waals surface area contributed by atoms with Gasteiger partial charge in [0.2, 0.25) is 5.91 Å². The second-order valence-electron chi connectivity index (χ2n) is 6.85. The third-order valence-corrected chi connectivity index (χ3v) is 4.62. The lowest BCUT2D eigenvalue weighted by molar-refractivity contribution is -0.133.